The van der Waals surface area contributed by atoms with Gasteiger partial charge in [-0.3, -0.25) is 24.7 Å². The molecule has 332 valence electrons. The molecule has 4 aliphatic heterocycles. The molecule has 20 heteroatoms. The maximum atomic E-state index is 15.0. The zero-order valence-corrected chi connectivity index (χ0v) is 33.6. The molecule has 12 nitrogen and oxygen atoms in total. The maximum absolute atomic E-state index is 15.0. The molecular weight excluding hydrogens is 832 g/mol. The molecule has 2 atom stereocenters. The number of rotatable bonds is 7. The van der Waals surface area contributed by atoms with E-state index in [1.807, 2.05) is 4.90 Å². The standard InChI is InChI=1S/C42H44F8N8O4/c1-62-40(61)58-19-13-33-29(22-58)37(54-52-33)39(60)57-18-11-25(27-5-3-7-31(44)35(27)42(48,49)50)24(20-57)8-14-55-15-12-32-28(21-55)36(53-51-32)38(59)56-16-9-23(10-17-56)26-4-2-6-30(43)34(26)41(45,46)47/h2-7,23-25H,8-22H2,1H3,(H,51,53)(H,52,54). The van der Waals surface area contributed by atoms with Crippen LogP contribution in [0.3, 0.4) is 0 Å². The van der Waals surface area contributed by atoms with Crippen molar-refractivity contribution in [3.05, 3.63) is 104 Å². The van der Waals surface area contributed by atoms with Gasteiger partial charge in [0, 0.05) is 81.2 Å². The number of aromatic amines is 2. The monoisotopic (exact) mass is 876 g/mol. The summed E-state index contributed by atoms with van der Waals surface area (Å²) in [6.07, 6.45) is -8.71. The van der Waals surface area contributed by atoms with E-state index in [0.717, 1.165) is 17.8 Å². The average molecular weight is 877 g/mol. The molecule has 2 fully saturated rings. The number of alkyl halides is 6. The topological polar surface area (TPSA) is 131 Å². The van der Waals surface area contributed by atoms with Crippen LogP contribution in [0.15, 0.2) is 36.4 Å². The second-order valence-electron chi connectivity index (χ2n) is 16.4. The number of nitrogens with one attached hydrogen (secondary N) is 2. The minimum atomic E-state index is -4.97. The van der Waals surface area contributed by atoms with Crippen LogP contribution in [0.5, 0.6) is 0 Å². The summed E-state index contributed by atoms with van der Waals surface area (Å²) >= 11 is 0. The van der Waals surface area contributed by atoms with Crippen molar-refractivity contribution in [1.82, 2.24) is 40.0 Å². The Labute approximate surface area is 350 Å². The van der Waals surface area contributed by atoms with Gasteiger partial charge in [0.05, 0.1) is 24.8 Å². The van der Waals surface area contributed by atoms with Crippen LogP contribution in [0.2, 0.25) is 0 Å². The summed E-state index contributed by atoms with van der Waals surface area (Å²) in [5.74, 6) is -5.49. The van der Waals surface area contributed by atoms with Gasteiger partial charge in [0.2, 0.25) is 0 Å². The van der Waals surface area contributed by atoms with Gasteiger partial charge in [-0.1, -0.05) is 24.3 Å². The Morgan fingerprint density at radius 2 is 1.26 bits per heavy atom. The van der Waals surface area contributed by atoms with E-state index in [2.05, 4.69) is 20.4 Å². The number of benzene rings is 2. The molecule has 2 unspecified atom stereocenters. The zero-order chi connectivity index (χ0) is 44.1. The molecule has 3 amide bonds. The van der Waals surface area contributed by atoms with Gasteiger partial charge in [-0.05, 0) is 73.2 Å². The number of carbonyl (C=O) groups is 3. The van der Waals surface area contributed by atoms with E-state index in [4.69, 9.17) is 4.74 Å². The molecule has 0 aliphatic carbocycles. The Bertz CT molecular complexity index is 2340. The summed E-state index contributed by atoms with van der Waals surface area (Å²) in [6, 6.07) is 6.63. The highest BCUT2D eigenvalue weighted by Gasteiger charge is 2.44. The molecular formula is C42H44F8N8O4. The van der Waals surface area contributed by atoms with Crippen molar-refractivity contribution < 1.29 is 54.2 Å². The van der Waals surface area contributed by atoms with E-state index >= 15 is 0 Å². The number of piperidine rings is 2. The van der Waals surface area contributed by atoms with Crippen LogP contribution in [-0.2, 0) is 43.0 Å². The number of likely N-dealkylation sites (tertiary alicyclic amines) is 2. The van der Waals surface area contributed by atoms with Crippen LogP contribution in [-0.4, -0.2) is 111 Å². The van der Waals surface area contributed by atoms with Crippen LogP contribution in [0.1, 0.15) is 103 Å². The largest absolute Gasteiger partial charge is 0.453 e. The van der Waals surface area contributed by atoms with Gasteiger partial charge in [0.15, 0.2) is 11.4 Å². The lowest BCUT2D eigenvalue weighted by atomic mass is 9.76. The molecule has 2 aromatic carbocycles. The number of ether oxygens (including phenoxy) is 1. The summed E-state index contributed by atoms with van der Waals surface area (Å²) in [5.41, 5.74) is -0.0421. The minimum Gasteiger partial charge on any atom is -0.453 e. The minimum absolute atomic E-state index is 0.0459. The molecule has 0 saturated carbocycles. The first-order chi connectivity index (χ1) is 29.5. The predicted molar refractivity (Wildman–Crippen MR) is 205 cm³/mol. The van der Waals surface area contributed by atoms with E-state index < -0.39 is 70.8 Å². The van der Waals surface area contributed by atoms with Crippen molar-refractivity contribution >= 4 is 17.9 Å². The quantitative estimate of drug-likeness (QED) is 0.187. The fraction of sp³-hybridized carbons (Fsp3) is 0.500. The number of carbonyl (C=O) groups excluding carboxylic acids is 3. The number of methoxy groups -OCH3 is 1. The van der Waals surface area contributed by atoms with Gasteiger partial charge in [-0.15, -0.1) is 0 Å². The highest BCUT2D eigenvalue weighted by Crippen LogP contribution is 2.44. The Morgan fingerprint density at radius 1 is 0.710 bits per heavy atom. The molecule has 62 heavy (non-hydrogen) atoms. The van der Waals surface area contributed by atoms with E-state index in [-0.39, 0.29) is 81.0 Å². The lowest BCUT2D eigenvalue weighted by Gasteiger charge is -2.40. The van der Waals surface area contributed by atoms with Gasteiger partial charge in [-0.2, -0.15) is 36.5 Å². The number of fused-ring (bicyclic) bond motifs is 2. The normalized spacial score (nSPS) is 20.2. The number of halogens is 8. The third-order valence-corrected chi connectivity index (χ3v) is 12.9. The van der Waals surface area contributed by atoms with Gasteiger partial charge in [-0.25, -0.2) is 13.6 Å². The van der Waals surface area contributed by atoms with Gasteiger partial charge < -0.3 is 19.4 Å². The molecule has 4 aliphatic rings. The molecule has 8 rings (SSSR count). The number of hydrogen-bond donors (Lipinski definition) is 2. The Morgan fingerprint density at radius 3 is 1.87 bits per heavy atom. The van der Waals surface area contributed by atoms with Gasteiger partial charge in [0.25, 0.3) is 11.8 Å². The fourth-order valence-electron chi connectivity index (χ4n) is 9.76. The van der Waals surface area contributed by atoms with Crippen molar-refractivity contribution in [3.63, 3.8) is 0 Å². The second-order valence-corrected chi connectivity index (χ2v) is 16.4. The summed E-state index contributed by atoms with van der Waals surface area (Å²) in [6.45, 7) is 1.97. The molecule has 6 heterocycles. The number of amides is 3. The lowest BCUT2D eigenvalue weighted by molar-refractivity contribution is -0.141. The molecule has 4 aromatic rings. The van der Waals surface area contributed by atoms with Crippen molar-refractivity contribution in [2.24, 2.45) is 5.92 Å². The lowest BCUT2D eigenvalue weighted by Crippen LogP contribution is -2.45. The first-order valence-electron chi connectivity index (χ1n) is 20.5. The van der Waals surface area contributed by atoms with Crippen LogP contribution in [0.25, 0.3) is 0 Å². The average Bonchev–Trinajstić information content (AvgIpc) is 3.88. The van der Waals surface area contributed by atoms with Crippen molar-refractivity contribution in [2.45, 2.75) is 75.8 Å². The smallest absolute Gasteiger partial charge is 0.419 e. The van der Waals surface area contributed by atoms with Gasteiger partial charge in [0.1, 0.15) is 11.6 Å². The Hall–Kier alpha value is -5.53. The number of aromatic nitrogens is 4. The highest BCUT2D eigenvalue weighted by atomic mass is 19.4. The first kappa shape index (κ1) is 43.1. The van der Waals surface area contributed by atoms with Crippen LogP contribution < -0.4 is 0 Å². The Balaban J connectivity index is 0.979. The summed E-state index contributed by atoms with van der Waals surface area (Å²) in [7, 11) is 1.26. The number of H-pyrrole nitrogens is 2. The molecule has 2 N–H and O–H groups in total. The summed E-state index contributed by atoms with van der Waals surface area (Å²) in [5, 5.41) is 14.4. The van der Waals surface area contributed by atoms with Crippen LogP contribution >= 0.6 is 0 Å². The van der Waals surface area contributed by atoms with Crippen molar-refractivity contribution in [1.29, 1.82) is 0 Å². The maximum Gasteiger partial charge on any atom is 0.419 e. The summed E-state index contributed by atoms with van der Waals surface area (Å²) < 4.78 is 119. The zero-order valence-electron chi connectivity index (χ0n) is 33.6. The van der Waals surface area contributed by atoms with Crippen molar-refractivity contribution in [3.8, 4) is 0 Å². The molecule has 2 aromatic heterocycles. The molecule has 0 spiro atoms. The summed E-state index contributed by atoms with van der Waals surface area (Å²) in [4.78, 5) is 46.8. The molecule has 0 radical (unpaired) electrons. The van der Waals surface area contributed by atoms with E-state index in [1.54, 1.807) is 4.90 Å². The van der Waals surface area contributed by atoms with Gasteiger partial charge >= 0.3 is 18.4 Å². The first-order valence-corrected chi connectivity index (χ1v) is 20.5. The van der Waals surface area contributed by atoms with Crippen molar-refractivity contribution in [2.75, 3.05) is 52.9 Å². The highest BCUT2D eigenvalue weighted by molar-refractivity contribution is 5.95. The third kappa shape index (κ3) is 8.36. The van der Waals surface area contributed by atoms with Crippen LogP contribution in [0, 0.1) is 17.6 Å². The van der Waals surface area contributed by atoms with Crippen LogP contribution in [0.4, 0.5) is 39.9 Å². The predicted octanol–water partition coefficient (Wildman–Crippen LogP) is 7.29. The molecule has 2 saturated heterocycles. The SMILES string of the molecule is COC(=O)N1CCc2[nH]nc(C(=O)N3CCC(c4cccc(F)c4C(F)(F)F)C(CCN4CCc5[nH]nc(C(=O)N6CCC(c7cccc(F)c7C(F)(F)F)CC6)c5C4)C3)c2C1. The number of hydrogen-bond acceptors (Lipinski definition) is 7. The third-order valence-electron chi connectivity index (χ3n) is 12.9. The van der Waals surface area contributed by atoms with E-state index in [9.17, 15) is 49.5 Å². The molecule has 0 bridgehead atoms. The Kier molecular flexibility index (Phi) is 11.8. The van der Waals surface area contributed by atoms with E-state index in [1.165, 1.54) is 41.2 Å². The van der Waals surface area contributed by atoms with E-state index in [0.29, 0.717) is 55.7 Å². The number of nitrogens with zero attached hydrogens (tertiary/aromatic N) is 6. The fourth-order valence-corrected chi connectivity index (χ4v) is 9.76. The second kappa shape index (κ2) is 17.0.